The van der Waals surface area contributed by atoms with Gasteiger partial charge in [-0.1, -0.05) is 30.3 Å². The Kier molecular flexibility index (Phi) is 4.23. The van der Waals surface area contributed by atoms with Crippen LogP contribution in [0.1, 0.15) is 11.4 Å². The molecule has 6 nitrogen and oxygen atoms in total. The zero-order chi connectivity index (χ0) is 13.7. The van der Waals surface area contributed by atoms with E-state index in [9.17, 15) is 5.11 Å². The van der Waals surface area contributed by atoms with E-state index in [1.54, 1.807) is 0 Å². The van der Waals surface area contributed by atoms with Crippen molar-refractivity contribution in [3.05, 3.63) is 48.0 Å². The molecule has 0 amide bonds. The summed E-state index contributed by atoms with van der Waals surface area (Å²) in [7, 11) is 0. The molecule has 0 spiro atoms. The number of aliphatic hydroxyl groups excluding tert-OH is 1. The Bertz CT molecular complexity index is 560. The van der Waals surface area contributed by atoms with Crippen molar-refractivity contribution >= 4 is 0 Å². The summed E-state index contributed by atoms with van der Waals surface area (Å²) in [5, 5.41) is 22.5. The molecule has 3 N–H and O–H groups in total. The fourth-order valence-electron chi connectivity index (χ4n) is 1.78. The van der Waals surface area contributed by atoms with Gasteiger partial charge in [0.05, 0.1) is 12.6 Å². The minimum Gasteiger partial charge on any atom is -0.390 e. The van der Waals surface area contributed by atoms with Crippen molar-refractivity contribution in [2.45, 2.75) is 25.1 Å². The molecule has 0 aliphatic carbocycles. The number of hydrogen-bond acceptors (Lipinski definition) is 5. The van der Waals surface area contributed by atoms with Crippen LogP contribution in [-0.2, 0) is 13.0 Å². The van der Waals surface area contributed by atoms with Crippen LogP contribution in [0.25, 0.3) is 0 Å². The van der Waals surface area contributed by atoms with Crippen molar-refractivity contribution in [1.29, 1.82) is 5.26 Å². The van der Waals surface area contributed by atoms with Gasteiger partial charge in [0, 0.05) is 6.04 Å². The molecule has 98 valence electrons. The number of aliphatic hydroxyl groups is 1. The maximum absolute atomic E-state index is 10.0. The van der Waals surface area contributed by atoms with Crippen LogP contribution in [0.4, 0.5) is 0 Å². The monoisotopic (exact) mass is 257 g/mol. The quantitative estimate of drug-likeness (QED) is 0.790. The Balaban J connectivity index is 1.92. The maximum atomic E-state index is 10.0. The number of hydrogen-bond donors (Lipinski definition) is 2. The van der Waals surface area contributed by atoms with Crippen molar-refractivity contribution < 1.29 is 5.11 Å². The van der Waals surface area contributed by atoms with E-state index in [-0.39, 0.29) is 12.4 Å². The lowest BCUT2D eigenvalue weighted by molar-refractivity contribution is 0.120. The van der Waals surface area contributed by atoms with Crippen LogP contribution in [0.3, 0.4) is 0 Å². The Morgan fingerprint density at radius 3 is 2.74 bits per heavy atom. The first-order valence-electron chi connectivity index (χ1n) is 5.96. The standard InChI is InChI=1S/C13H15N5O/c14-7-13-16-9-18(17-13)8-12(19)11(15)6-10-4-2-1-3-5-10/h1-5,9,11-12,19H,6,8,15H2. The molecule has 2 aromatic rings. The summed E-state index contributed by atoms with van der Waals surface area (Å²) in [4.78, 5) is 3.77. The Hall–Kier alpha value is -2.23. The van der Waals surface area contributed by atoms with Crippen LogP contribution in [0.15, 0.2) is 36.7 Å². The summed E-state index contributed by atoms with van der Waals surface area (Å²) in [6.45, 7) is 0.225. The Labute approximate surface area is 111 Å². The number of benzene rings is 1. The first kappa shape index (κ1) is 13.2. The molecule has 0 fully saturated rings. The zero-order valence-electron chi connectivity index (χ0n) is 10.3. The maximum Gasteiger partial charge on any atom is 0.252 e. The first-order valence-corrected chi connectivity index (χ1v) is 5.96. The highest BCUT2D eigenvalue weighted by molar-refractivity contribution is 5.16. The number of rotatable bonds is 5. The van der Waals surface area contributed by atoms with E-state index in [1.807, 2.05) is 36.4 Å². The molecule has 0 saturated heterocycles. The lowest BCUT2D eigenvalue weighted by Gasteiger charge is -2.18. The molecule has 0 bridgehead atoms. The molecule has 1 aromatic heterocycles. The SMILES string of the molecule is N#Cc1ncn(CC(O)C(N)Cc2ccccc2)n1. The van der Waals surface area contributed by atoms with Gasteiger partial charge in [-0.2, -0.15) is 5.26 Å². The molecule has 0 saturated carbocycles. The van der Waals surface area contributed by atoms with Gasteiger partial charge in [-0.05, 0) is 12.0 Å². The Morgan fingerprint density at radius 2 is 2.11 bits per heavy atom. The lowest BCUT2D eigenvalue weighted by atomic mass is 10.0. The summed E-state index contributed by atoms with van der Waals surface area (Å²) in [5.41, 5.74) is 7.03. The molecule has 1 aromatic carbocycles. The second kappa shape index (κ2) is 6.09. The smallest absolute Gasteiger partial charge is 0.252 e. The van der Waals surface area contributed by atoms with Gasteiger partial charge < -0.3 is 10.8 Å². The number of nitrogens with zero attached hydrogens (tertiary/aromatic N) is 4. The molecule has 0 radical (unpaired) electrons. The van der Waals surface area contributed by atoms with Gasteiger partial charge in [0.2, 0.25) is 0 Å². The minimum absolute atomic E-state index is 0.0869. The molecule has 2 rings (SSSR count). The molecule has 19 heavy (non-hydrogen) atoms. The van der Waals surface area contributed by atoms with Crippen molar-refractivity contribution in [3.8, 4) is 6.07 Å². The van der Waals surface area contributed by atoms with E-state index in [2.05, 4.69) is 10.1 Å². The highest BCUT2D eigenvalue weighted by Gasteiger charge is 2.16. The van der Waals surface area contributed by atoms with Gasteiger partial charge in [0.1, 0.15) is 12.4 Å². The van der Waals surface area contributed by atoms with Crippen molar-refractivity contribution in [3.63, 3.8) is 0 Å². The molecular weight excluding hydrogens is 242 g/mol. The third kappa shape index (κ3) is 3.61. The predicted octanol–water partition coefficient (Wildman–Crippen LogP) is 0.0807. The van der Waals surface area contributed by atoms with Gasteiger partial charge >= 0.3 is 0 Å². The molecule has 2 unspecified atom stereocenters. The third-order valence-electron chi connectivity index (χ3n) is 2.82. The summed E-state index contributed by atoms with van der Waals surface area (Å²) in [6.07, 6.45) is 1.26. The summed E-state index contributed by atoms with van der Waals surface area (Å²) < 4.78 is 1.42. The zero-order valence-corrected chi connectivity index (χ0v) is 10.3. The summed E-state index contributed by atoms with van der Waals surface area (Å²) in [6, 6.07) is 11.2. The van der Waals surface area contributed by atoms with Crippen LogP contribution in [-0.4, -0.2) is 32.0 Å². The molecule has 6 heteroatoms. The van der Waals surface area contributed by atoms with E-state index in [1.165, 1.54) is 11.0 Å². The number of nitriles is 1. The number of nitrogens with two attached hydrogens (primary N) is 1. The minimum atomic E-state index is -0.742. The molecule has 1 heterocycles. The highest BCUT2D eigenvalue weighted by Crippen LogP contribution is 2.05. The van der Waals surface area contributed by atoms with E-state index >= 15 is 0 Å². The normalized spacial score (nSPS) is 13.7. The summed E-state index contributed by atoms with van der Waals surface area (Å²) in [5.74, 6) is 0.0869. The van der Waals surface area contributed by atoms with Gasteiger partial charge in [-0.15, -0.1) is 5.10 Å². The second-order valence-electron chi connectivity index (χ2n) is 4.32. The highest BCUT2D eigenvalue weighted by atomic mass is 16.3. The average molecular weight is 257 g/mol. The van der Waals surface area contributed by atoms with Gasteiger partial charge in [-0.3, -0.25) is 0 Å². The second-order valence-corrected chi connectivity index (χ2v) is 4.32. The van der Waals surface area contributed by atoms with E-state index < -0.39 is 12.1 Å². The largest absolute Gasteiger partial charge is 0.390 e. The fraction of sp³-hybridized carbons (Fsp3) is 0.308. The third-order valence-corrected chi connectivity index (χ3v) is 2.82. The summed E-state index contributed by atoms with van der Waals surface area (Å²) >= 11 is 0. The average Bonchev–Trinajstić information content (AvgIpc) is 2.87. The molecule has 0 aliphatic rings. The fourth-order valence-corrected chi connectivity index (χ4v) is 1.78. The van der Waals surface area contributed by atoms with Gasteiger partial charge in [-0.25, -0.2) is 9.67 Å². The van der Waals surface area contributed by atoms with Crippen molar-refractivity contribution in [2.75, 3.05) is 0 Å². The number of aromatic nitrogens is 3. The van der Waals surface area contributed by atoms with Crippen LogP contribution < -0.4 is 5.73 Å². The van der Waals surface area contributed by atoms with Crippen LogP contribution in [0.5, 0.6) is 0 Å². The van der Waals surface area contributed by atoms with E-state index in [0.717, 1.165) is 5.56 Å². The van der Waals surface area contributed by atoms with Gasteiger partial charge in [0.15, 0.2) is 0 Å². The van der Waals surface area contributed by atoms with Crippen molar-refractivity contribution in [2.24, 2.45) is 5.73 Å². The molecule has 2 atom stereocenters. The van der Waals surface area contributed by atoms with Gasteiger partial charge in [0.25, 0.3) is 5.82 Å². The first-order chi connectivity index (χ1) is 9.19. The molecular formula is C13H15N5O. The van der Waals surface area contributed by atoms with Crippen LogP contribution >= 0.6 is 0 Å². The van der Waals surface area contributed by atoms with E-state index in [4.69, 9.17) is 11.0 Å². The van der Waals surface area contributed by atoms with Crippen LogP contribution in [0, 0.1) is 11.3 Å². The predicted molar refractivity (Wildman–Crippen MR) is 68.9 cm³/mol. The lowest BCUT2D eigenvalue weighted by Crippen LogP contribution is -2.39. The van der Waals surface area contributed by atoms with Crippen LogP contribution in [0.2, 0.25) is 0 Å². The Morgan fingerprint density at radius 1 is 1.37 bits per heavy atom. The van der Waals surface area contributed by atoms with Crippen molar-refractivity contribution in [1.82, 2.24) is 14.8 Å². The van der Waals surface area contributed by atoms with E-state index in [0.29, 0.717) is 6.42 Å². The topological polar surface area (TPSA) is 101 Å². The molecule has 0 aliphatic heterocycles.